The highest BCUT2D eigenvalue weighted by Gasteiger charge is 2.25. The molecule has 3 unspecified atom stereocenters. The first-order valence-corrected chi connectivity index (χ1v) is 6.59. The summed E-state index contributed by atoms with van der Waals surface area (Å²) in [4.78, 5) is 24.1. The molecule has 0 rings (SSSR count). The first kappa shape index (κ1) is 16.7. The number of carboxylic acids is 1. The van der Waals surface area contributed by atoms with Gasteiger partial charge in [-0.1, -0.05) is 27.2 Å². The molecule has 0 aliphatic carbocycles. The minimum atomic E-state index is -0.968. The van der Waals surface area contributed by atoms with Crippen LogP contribution in [0.3, 0.4) is 0 Å². The summed E-state index contributed by atoms with van der Waals surface area (Å²) in [5.41, 5.74) is 0. The molecule has 106 valence electrons. The van der Waals surface area contributed by atoms with Gasteiger partial charge < -0.3 is 15.3 Å². The average Bonchev–Trinajstić information content (AvgIpc) is 2.28. The van der Waals surface area contributed by atoms with Gasteiger partial charge in [-0.3, -0.25) is 0 Å². The second kappa shape index (κ2) is 7.95. The van der Waals surface area contributed by atoms with Gasteiger partial charge in [0.1, 0.15) is 6.04 Å². The Bertz CT molecular complexity index is 281. The number of nitrogens with one attached hydrogen (secondary N) is 1. The SMILES string of the molecule is CCC(C)CC(C)NC(=O)N(C)C(CC)C(=O)O. The lowest BCUT2D eigenvalue weighted by Gasteiger charge is -2.26. The van der Waals surface area contributed by atoms with E-state index in [1.54, 1.807) is 6.92 Å². The van der Waals surface area contributed by atoms with E-state index in [1.165, 1.54) is 11.9 Å². The highest BCUT2D eigenvalue weighted by atomic mass is 16.4. The fourth-order valence-electron chi connectivity index (χ4n) is 1.90. The van der Waals surface area contributed by atoms with Gasteiger partial charge in [0.05, 0.1) is 0 Å². The van der Waals surface area contributed by atoms with Crippen LogP contribution in [0.2, 0.25) is 0 Å². The molecule has 0 bridgehead atoms. The monoisotopic (exact) mass is 258 g/mol. The van der Waals surface area contributed by atoms with E-state index < -0.39 is 12.0 Å². The number of carbonyl (C=O) groups is 2. The minimum Gasteiger partial charge on any atom is -0.480 e. The maximum absolute atomic E-state index is 11.9. The maximum Gasteiger partial charge on any atom is 0.326 e. The lowest BCUT2D eigenvalue weighted by Crippen LogP contribution is -2.49. The molecule has 0 spiro atoms. The van der Waals surface area contributed by atoms with Crippen molar-refractivity contribution in [3.05, 3.63) is 0 Å². The van der Waals surface area contributed by atoms with Crippen molar-refractivity contribution in [1.29, 1.82) is 0 Å². The Hall–Kier alpha value is -1.26. The number of likely N-dealkylation sites (N-methyl/N-ethyl adjacent to an activating group) is 1. The smallest absolute Gasteiger partial charge is 0.326 e. The van der Waals surface area contributed by atoms with Crippen molar-refractivity contribution in [3.63, 3.8) is 0 Å². The van der Waals surface area contributed by atoms with Gasteiger partial charge in [-0.15, -0.1) is 0 Å². The predicted molar refractivity (Wildman–Crippen MR) is 71.5 cm³/mol. The molecular weight excluding hydrogens is 232 g/mol. The Kier molecular flexibility index (Phi) is 7.39. The molecule has 0 aliphatic rings. The average molecular weight is 258 g/mol. The van der Waals surface area contributed by atoms with Crippen LogP contribution in [0.25, 0.3) is 0 Å². The van der Waals surface area contributed by atoms with Gasteiger partial charge in [0.2, 0.25) is 0 Å². The molecule has 0 radical (unpaired) electrons. The van der Waals surface area contributed by atoms with Crippen molar-refractivity contribution in [3.8, 4) is 0 Å². The zero-order valence-corrected chi connectivity index (χ0v) is 12.1. The fourth-order valence-corrected chi connectivity index (χ4v) is 1.90. The van der Waals surface area contributed by atoms with Crippen molar-refractivity contribution in [2.45, 2.75) is 59.0 Å². The highest BCUT2D eigenvalue weighted by Crippen LogP contribution is 2.10. The summed E-state index contributed by atoms with van der Waals surface area (Å²) >= 11 is 0. The number of amides is 2. The summed E-state index contributed by atoms with van der Waals surface area (Å²) in [7, 11) is 1.52. The van der Waals surface area contributed by atoms with Gasteiger partial charge >= 0.3 is 12.0 Å². The molecule has 0 aromatic heterocycles. The Labute approximate surface area is 110 Å². The zero-order chi connectivity index (χ0) is 14.3. The molecule has 0 heterocycles. The van der Waals surface area contributed by atoms with Crippen LogP contribution in [-0.2, 0) is 4.79 Å². The zero-order valence-electron chi connectivity index (χ0n) is 12.1. The number of hydrogen-bond donors (Lipinski definition) is 2. The third kappa shape index (κ3) is 5.38. The second-order valence-corrected chi connectivity index (χ2v) is 4.97. The predicted octanol–water partition coefficient (Wildman–Crippen LogP) is 2.32. The van der Waals surface area contributed by atoms with Crippen LogP contribution < -0.4 is 5.32 Å². The molecule has 2 N–H and O–H groups in total. The summed E-state index contributed by atoms with van der Waals surface area (Å²) in [5, 5.41) is 11.8. The van der Waals surface area contributed by atoms with Crippen molar-refractivity contribution < 1.29 is 14.7 Å². The minimum absolute atomic E-state index is 0.0567. The van der Waals surface area contributed by atoms with Crippen LogP contribution >= 0.6 is 0 Å². The normalized spacial score (nSPS) is 15.6. The van der Waals surface area contributed by atoms with E-state index in [0.29, 0.717) is 12.3 Å². The van der Waals surface area contributed by atoms with E-state index in [4.69, 9.17) is 5.11 Å². The number of hydrogen-bond acceptors (Lipinski definition) is 2. The van der Waals surface area contributed by atoms with Gasteiger partial charge in [0, 0.05) is 13.1 Å². The Morgan fingerprint density at radius 1 is 1.22 bits per heavy atom. The van der Waals surface area contributed by atoms with Crippen LogP contribution in [0.5, 0.6) is 0 Å². The summed E-state index contributed by atoms with van der Waals surface area (Å²) in [6, 6.07) is -1.03. The molecule has 0 saturated heterocycles. The first-order valence-electron chi connectivity index (χ1n) is 6.59. The van der Waals surface area contributed by atoms with Crippen LogP contribution in [0.1, 0.15) is 47.0 Å². The fraction of sp³-hybridized carbons (Fsp3) is 0.846. The number of carbonyl (C=O) groups excluding carboxylic acids is 1. The molecular formula is C13H26N2O3. The number of carboxylic acid groups (broad SMARTS) is 1. The van der Waals surface area contributed by atoms with E-state index in [1.807, 2.05) is 6.92 Å². The van der Waals surface area contributed by atoms with Crippen LogP contribution in [-0.4, -0.2) is 41.1 Å². The summed E-state index contributed by atoms with van der Waals surface area (Å²) in [6.45, 7) is 7.95. The van der Waals surface area contributed by atoms with Crippen molar-refractivity contribution in [1.82, 2.24) is 10.2 Å². The molecule has 0 fully saturated rings. The number of aliphatic carboxylic acids is 1. The van der Waals surface area contributed by atoms with Crippen LogP contribution in [0.4, 0.5) is 4.79 Å². The lowest BCUT2D eigenvalue weighted by atomic mass is 10.0. The lowest BCUT2D eigenvalue weighted by molar-refractivity contribution is -0.141. The number of urea groups is 1. The van der Waals surface area contributed by atoms with E-state index in [2.05, 4.69) is 19.2 Å². The first-order chi connectivity index (χ1) is 8.33. The van der Waals surface area contributed by atoms with Gasteiger partial charge in [-0.2, -0.15) is 0 Å². The maximum atomic E-state index is 11.9. The van der Waals surface area contributed by atoms with Gasteiger partial charge in [0.25, 0.3) is 0 Å². The third-order valence-corrected chi connectivity index (χ3v) is 3.28. The third-order valence-electron chi connectivity index (χ3n) is 3.28. The number of rotatable bonds is 7. The standard InChI is InChI=1S/C13H26N2O3/c1-6-9(3)8-10(4)14-13(18)15(5)11(7-2)12(16)17/h9-11H,6-8H2,1-5H3,(H,14,18)(H,16,17). The van der Waals surface area contributed by atoms with E-state index in [-0.39, 0.29) is 12.1 Å². The summed E-state index contributed by atoms with van der Waals surface area (Å²) < 4.78 is 0. The van der Waals surface area contributed by atoms with Crippen LogP contribution in [0, 0.1) is 5.92 Å². The number of nitrogens with zero attached hydrogens (tertiary/aromatic N) is 1. The van der Waals surface area contributed by atoms with E-state index in [9.17, 15) is 9.59 Å². The summed E-state index contributed by atoms with van der Waals surface area (Å²) in [5.74, 6) is -0.420. The van der Waals surface area contributed by atoms with Gasteiger partial charge in [0.15, 0.2) is 0 Å². The quantitative estimate of drug-likeness (QED) is 0.736. The summed E-state index contributed by atoms with van der Waals surface area (Å²) in [6.07, 6.45) is 2.38. The Morgan fingerprint density at radius 3 is 2.17 bits per heavy atom. The topological polar surface area (TPSA) is 69.6 Å². The molecule has 18 heavy (non-hydrogen) atoms. The highest BCUT2D eigenvalue weighted by molar-refractivity contribution is 5.82. The van der Waals surface area contributed by atoms with Crippen LogP contribution in [0.15, 0.2) is 0 Å². The molecule has 2 amide bonds. The Balaban J connectivity index is 4.34. The van der Waals surface area contributed by atoms with E-state index in [0.717, 1.165) is 12.8 Å². The molecule has 0 aromatic rings. The van der Waals surface area contributed by atoms with Crippen molar-refractivity contribution in [2.24, 2.45) is 5.92 Å². The molecule has 5 heteroatoms. The van der Waals surface area contributed by atoms with Gasteiger partial charge in [-0.05, 0) is 25.7 Å². The molecule has 3 atom stereocenters. The molecule has 0 aliphatic heterocycles. The second-order valence-electron chi connectivity index (χ2n) is 4.97. The molecule has 5 nitrogen and oxygen atoms in total. The largest absolute Gasteiger partial charge is 0.480 e. The Morgan fingerprint density at radius 2 is 1.78 bits per heavy atom. The molecule has 0 aromatic carbocycles. The van der Waals surface area contributed by atoms with Crippen molar-refractivity contribution in [2.75, 3.05) is 7.05 Å². The van der Waals surface area contributed by atoms with Crippen molar-refractivity contribution >= 4 is 12.0 Å². The molecule has 0 saturated carbocycles. The van der Waals surface area contributed by atoms with Gasteiger partial charge in [-0.25, -0.2) is 9.59 Å². The van der Waals surface area contributed by atoms with E-state index >= 15 is 0 Å².